The van der Waals surface area contributed by atoms with Gasteiger partial charge in [-0.15, -0.1) is 24.8 Å². The zero-order chi connectivity index (χ0) is 14.4. The molecule has 0 aromatic heterocycles. The van der Waals surface area contributed by atoms with Crippen molar-refractivity contribution in [1.29, 1.82) is 0 Å². The summed E-state index contributed by atoms with van der Waals surface area (Å²) in [5.41, 5.74) is 8.96. The molecule has 0 saturated carbocycles. The van der Waals surface area contributed by atoms with Crippen LogP contribution in [0.3, 0.4) is 0 Å². The first kappa shape index (κ1) is 21.4. The molecule has 24 heavy (non-hydrogen) atoms. The Labute approximate surface area is 176 Å². The third-order valence-electron chi connectivity index (χ3n) is 5.10. The quantitative estimate of drug-likeness (QED) is 0.445. The Morgan fingerprint density at radius 1 is 0.875 bits per heavy atom. The molecule has 3 heteroatoms. The molecule has 0 radical (unpaired) electrons. The topological polar surface area (TPSA) is 0 Å². The van der Waals surface area contributed by atoms with Crippen LogP contribution in [-0.4, -0.2) is 0 Å². The average Bonchev–Trinajstić information content (AvgIpc) is 3.14. The Kier molecular flexibility index (Phi) is 7.30. The van der Waals surface area contributed by atoms with Crippen LogP contribution in [0.15, 0.2) is 66.3 Å². The maximum atomic E-state index is 2.37. The van der Waals surface area contributed by atoms with E-state index >= 15 is 0 Å². The number of fused-ring (bicyclic) bond motifs is 3. The van der Waals surface area contributed by atoms with Crippen molar-refractivity contribution in [2.24, 2.45) is 0 Å². The van der Waals surface area contributed by atoms with Crippen LogP contribution in [-0.2, 0) is 38.0 Å². The van der Waals surface area contributed by atoms with Crippen molar-refractivity contribution in [2.75, 3.05) is 0 Å². The molecule has 2 aromatic rings. The maximum absolute atomic E-state index is 2.37. The van der Waals surface area contributed by atoms with E-state index in [2.05, 4.69) is 74.5 Å². The summed E-state index contributed by atoms with van der Waals surface area (Å²) in [5.74, 6) is 0. The second-order valence-corrected chi connectivity index (χ2v) is 6.61. The third-order valence-corrected chi connectivity index (χ3v) is 5.10. The van der Waals surface area contributed by atoms with E-state index in [4.69, 9.17) is 0 Å². The number of rotatable bonds is 2. The van der Waals surface area contributed by atoms with E-state index in [0.29, 0.717) is 0 Å². The number of halogens is 2. The fraction of sp³-hybridized carbons (Fsp3) is 0.238. The van der Waals surface area contributed by atoms with Crippen molar-refractivity contribution in [3.8, 4) is 11.1 Å². The zero-order valence-corrected chi connectivity index (χ0v) is 18.1. The van der Waals surface area contributed by atoms with Crippen molar-refractivity contribution in [1.82, 2.24) is 0 Å². The van der Waals surface area contributed by atoms with Gasteiger partial charge in [0, 0.05) is 31.6 Å². The van der Waals surface area contributed by atoms with Crippen molar-refractivity contribution in [3.63, 3.8) is 0 Å². The first-order chi connectivity index (χ1) is 10.2. The van der Waals surface area contributed by atoms with E-state index in [1.807, 2.05) is 0 Å². The van der Waals surface area contributed by atoms with Gasteiger partial charge in [0.15, 0.2) is 0 Å². The van der Waals surface area contributed by atoms with E-state index in [0.717, 1.165) is 12.8 Å². The molecule has 0 atom stereocenters. The molecule has 0 amide bonds. The van der Waals surface area contributed by atoms with Crippen LogP contribution in [0.1, 0.15) is 37.0 Å². The first-order valence-electron chi connectivity index (χ1n) is 7.75. The minimum Gasteiger partial charge on any atom is -0.147 e. The number of allylic oxidation sites excluding steroid dienone is 4. The van der Waals surface area contributed by atoms with Gasteiger partial charge in [0.1, 0.15) is 0 Å². The third kappa shape index (κ3) is 3.36. The summed E-state index contributed by atoms with van der Waals surface area (Å²) >= 11 is 0. The van der Waals surface area contributed by atoms with Gasteiger partial charge in [0.05, 0.1) is 0 Å². The second-order valence-electron chi connectivity index (χ2n) is 6.61. The van der Waals surface area contributed by atoms with Gasteiger partial charge in [-0.1, -0.05) is 80.1 Å². The van der Waals surface area contributed by atoms with Crippen LogP contribution in [0.25, 0.3) is 11.1 Å². The van der Waals surface area contributed by atoms with Gasteiger partial charge in [0.25, 0.3) is 0 Å². The predicted octanol–water partition coefficient (Wildman–Crippen LogP) is 6.26. The monoisotopic (exact) mass is 434 g/mol. The summed E-state index contributed by atoms with van der Waals surface area (Å²) in [4.78, 5) is 0. The molecule has 0 bridgehead atoms. The van der Waals surface area contributed by atoms with Gasteiger partial charge < -0.3 is 0 Å². The Hall–Kier alpha value is -0.617. The average molecular weight is 437 g/mol. The normalized spacial score (nSPS) is 13.8. The minimum absolute atomic E-state index is 0. The number of benzene rings is 2. The van der Waals surface area contributed by atoms with Gasteiger partial charge in [-0.2, -0.15) is 0 Å². The molecule has 0 heterocycles. The van der Waals surface area contributed by atoms with E-state index in [1.54, 1.807) is 0 Å². The molecule has 0 aliphatic heterocycles. The smallest absolute Gasteiger partial charge is 0.0114 e. The van der Waals surface area contributed by atoms with Gasteiger partial charge in [-0.25, -0.2) is 0 Å². The Morgan fingerprint density at radius 2 is 1.58 bits per heavy atom. The molecule has 0 saturated heterocycles. The molecular formula is C21H22Cl2Zr. The van der Waals surface area contributed by atoms with Gasteiger partial charge in [-0.05, 0) is 40.7 Å². The summed E-state index contributed by atoms with van der Waals surface area (Å²) < 4.78 is 0. The number of hydrogen-bond donors (Lipinski definition) is 0. The van der Waals surface area contributed by atoms with Gasteiger partial charge in [0.2, 0.25) is 0 Å². The Morgan fingerprint density at radius 3 is 2.29 bits per heavy atom. The summed E-state index contributed by atoms with van der Waals surface area (Å²) in [6.07, 6.45) is 8.90. The molecular weight excluding hydrogens is 414 g/mol. The summed E-state index contributed by atoms with van der Waals surface area (Å²) in [5, 5.41) is 0. The number of hydrogen-bond acceptors (Lipinski definition) is 0. The van der Waals surface area contributed by atoms with Crippen LogP contribution in [0, 0.1) is 0 Å². The summed E-state index contributed by atoms with van der Waals surface area (Å²) in [6, 6.07) is 15.7. The molecule has 0 N–H and O–H groups in total. The van der Waals surface area contributed by atoms with Crippen molar-refractivity contribution in [3.05, 3.63) is 83.0 Å². The van der Waals surface area contributed by atoms with E-state index in [9.17, 15) is 0 Å². The van der Waals surface area contributed by atoms with Crippen LogP contribution >= 0.6 is 24.8 Å². The predicted molar refractivity (Wildman–Crippen MR) is 104 cm³/mol. The molecule has 2 aliphatic rings. The molecule has 2 aliphatic carbocycles. The van der Waals surface area contributed by atoms with Crippen molar-refractivity contribution in [2.45, 2.75) is 32.1 Å². The Balaban J connectivity index is 0.000000960. The maximum Gasteiger partial charge on any atom is 0.0114 e. The van der Waals surface area contributed by atoms with Crippen LogP contribution in [0.2, 0.25) is 0 Å². The Bertz CT molecular complexity index is 788. The SMILES string of the molecule is CC(C)(C1=CC=CC1)c1cccc2c1Cc1ccccc1-2.Cl.Cl.[Zr]. The van der Waals surface area contributed by atoms with E-state index < -0.39 is 0 Å². The molecule has 0 fully saturated rings. The van der Waals surface area contributed by atoms with E-state index in [1.165, 1.54) is 33.4 Å². The largest absolute Gasteiger partial charge is 0.147 e. The fourth-order valence-corrected chi connectivity index (χ4v) is 3.83. The fourth-order valence-electron chi connectivity index (χ4n) is 3.83. The van der Waals surface area contributed by atoms with Crippen LogP contribution in [0.5, 0.6) is 0 Å². The summed E-state index contributed by atoms with van der Waals surface area (Å²) in [7, 11) is 0. The van der Waals surface area contributed by atoms with E-state index in [-0.39, 0.29) is 56.4 Å². The molecule has 0 spiro atoms. The molecule has 2 aromatic carbocycles. The van der Waals surface area contributed by atoms with Gasteiger partial charge in [-0.3, -0.25) is 0 Å². The zero-order valence-electron chi connectivity index (χ0n) is 14.0. The molecule has 0 unspecified atom stereocenters. The van der Waals surface area contributed by atoms with Crippen LogP contribution < -0.4 is 0 Å². The van der Waals surface area contributed by atoms with Crippen molar-refractivity contribution < 1.29 is 26.2 Å². The minimum atomic E-state index is 0. The molecule has 4 rings (SSSR count). The summed E-state index contributed by atoms with van der Waals surface area (Å²) in [6.45, 7) is 4.73. The molecule has 0 nitrogen and oxygen atoms in total. The first-order valence-corrected chi connectivity index (χ1v) is 7.75. The molecule has 124 valence electrons. The standard InChI is InChI=1S/C21H20.2ClH.Zr/c1-21(2,16-9-4-5-10-16)20-13-7-12-18-17-11-6-3-8-15(17)14-19(18)20;;;/h3-9,11-13H,10,14H2,1-2H3;2*1H;. The van der Waals surface area contributed by atoms with Gasteiger partial charge >= 0.3 is 0 Å². The van der Waals surface area contributed by atoms with Crippen molar-refractivity contribution >= 4 is 24.8 Å². The second kappa shape index (κ2) is 8.17. The van der Waals surface area contributed by atoms with Crippen LogP contribution in [0.4, 0.5) is 0 Å².